The molecule has 0 aliphatic carbocycles. The maximum atomic E-state index is 4.68. The third-order valence-electron chi connectivity index (χ3n) is 2.49. The van der Waals surface area contributed by atoms with Crippen LogP contribution in [-0.2, 0) is 0 Å². The van der Waals surface area contributed by atoms with Crippen LogP contribution in [0.25, 0.3) is 0 Å². The summed E-state index contributed by atoms with van der Waals surface area (Å²) in [4.78, 5) is 7.00. The molecule has 0 saturated heterocycles. The second-order valence-electron chi connectivity index (χ2n) is 3.34. The predicted octanol–water partition coefficient (Wildman–Crippen LogP) is 2.98. The lowest BCUT2D eigenvalue weighted by atomic mass is 10.3. The Labute approximate surface area is 87.0 Å². The van der Waals surface area contributed by atoms with E-state index in [1.807, 2.05) is 0 Å². The zero-order valence-corrected chi connectivity index (χ0v) is 9.45. The van der Waals surface area contributed by atoms with Gasteiger partial charge in [0.15, 0.2) is 0 Å². The molecule has 0 radical (unpaired) electrons. The van der Waals surface area contributed by atoms with Gasteiger partial charge in [-0.2, -0.15) is 0 Å². The lowest BCUT2D eigenvalue weighted by Crippen LogP contribution is -2.30. The van der Waals surface area contributed by atoms with Crippen LogP contribution in [0.1, 0.15) is 33.6 Å². The van der Waals surface area contributed by atoms with E-state index in [-0.39, 0.29) is 0 Å². The van der Waals surface area contributed by atoms with Crippen molar-refractivity contribution in [1.82, 2.24) is 4.90 Å². The summed E-state index contributed by atoms with van der Waals surface area (Å²) in [6, 6.07) is 0. The van der Waals surface area contributed by atoms with E-state index in [1.165, 1.54) is 11.5 Å². The molecule has 78 valence electrons. The lowest BCUT2D eigenvalue weighted by Gasteiger charge is -2.22. The summed E-state index contributed by atoms with van der Waals surface area (Å²) in [5.74, 6) is 1.21. The Bertz CT molecular complexity index is 257. The molecule has 0 spiro atoms. The van der Waals surface area contributed by atoms with Crippen molar-refractivity contribution in [1.29, 1.82) is 0 Å². The maximum Gasteiger partial charge on any atom is 0.108 e. The van der Waals surface area contributed by atoms with Crippen LogP contribution < -0.4 is 0 Å². The third kappa shape index (κ3) is 2.72. The van der Waals surface area contributed by atoms with Crippen LogP contribution in [0.2, 0.25) is 0 Å². The first kappa shape index (κ1) is 11.0. The van der Waals surface area contributed by atoms with Gasteiger partial charge in [0.05, 0.1) is 0 Å². The summed E-state index contributed by atoms with van der Waals surface area (Å²) in [6.07, 6.45) is 8.37. The van der Waals surface area contributed by atoms with Gasteiger partial charge in [0.1, 0.15) is 5.84 Å². The second kappa shape index (κ2) is 5.63. The lowest BCUT2D eigenvalue weighted by molar-refractivity contribution is 0.458. The predicted molar refractivity (Wildman–Crippen MR) is 62.5 cm³/mol. The number of nitrogens with zero attached hydrogens (tertiary/aromatic N) is 2. The molecule has 1 aliphatic rings. The highest BCUT2D eigenvalue weighted by molar-refractivity contribution is 5.85. The first-order valence-electron chi connectivity index (χ1n) is 5.50. The van der Waals surface area contributed by atoms with Gasteiger partial charge in [0.2, 0.25) is 0 Å². The SMILES string of the molecule is CCC1=CC=CCC(N(CC)CC)=N1. The second-order valence-corrected chi connectivity index (χ2v) is 3.34. The summed E-state index contributed by atoms with van der Waals surface area (Å²) < 4.78 is 0. The molecule has 0 saturated carbocycles. The molecule has 14 heavy (non-hydrogen) atoms. The molecule has 0 amide bonds. The van der Waals surface area contributed by atoms with Crippen LogP contribution in [0, 0.1) is 0 Å². The highest BCUT2D eigenvalue weighted by Gasteiger charge is 2.07. The van der Waals surface area contributed by atoms with Crippen LogP contribution in [0.4, 0.5) is 0 Å². The smallest absolute Gasteiger partial charge is 0.108 e. The van der Waals surface area contributed by atoms with Crippen molar-refractivity contribution < 1.29 is 0 Å². The Hall–Kier alpha value is -1.05. The van der Waals surface area contributed by atoms with Crippen LogP contribution in [0.5, 0.6) is 0 Å². The number of amidine groups is 1. The average molecular weight is 192 g/mol. The molecule has 2 heteroatoms. The summed E-state index contributed by atoms with van der Waals surface area (Å²) in [5.41, 5.74) is 1.18. The highest BCUT2D eigenvalue weighted by atomic mass is 15.2. The van der Waals surface area contributed by atoms with Gasteiger partial charge in [-0.3, -0.25) is 0 Å². The van der Waals surface area contributed by atoms with Gasteiger partial charge in [-0.1, -0.05) is 19.1 Å². The number of hydrogen-bond donors (Lipinski definition) is 0. The van der Waals surface area contributed by atoms with Crippen molar-refractivity contribution in [2.75, 3.05) is 13.1 Å². The average Bonchev–Trinajstić information content (AvgIpc) is 2.45. The van der Waals surface area contributed by atoms with E-state index in [0.29, 0.717) is 0 Å². The molecule has 1 rings (SSSR count). The minimum Gasteiger partial charge on any atom is -0.360 e. The summed E-state index contributed by atoms with van der Waals surface area (Å²) >= 11 is 0. The fourth-order valence-electron chi connectivity index (χ4n) is 1.59. The fourth-order valence-corrected chi connectivity index (χ4v) is 1.59. The van der Waals surface area contributed by atoms with E-state index in [0.717, 1.165) is 25.9 Å². The molecule has 0 fully saturated rings. The summed E-state index contributed by atoms with van der Waals surface area (Å²) in [6.45, 7) is 8.58. The maximum absolute atomic E-state index is 4.68. The normalized spacial score (nSPS) is 15.9. The van der Waals surface area contributed by atoms with E-state index >= 15 is 0 Å². The third-order valence-corrected chi connectivity index (χ3v) is 2.49. The summed E-state index contributed by atoms with van der Waals surface area (Å²) in [5, 5.41) is 0. The van der Waals surface area contributed by atoms with Gasteiger partial charge in [-0.25, -0.2) is 4.99 Å². The Kier molecular flexibility index (Phi) is 4.44. The molecule has 2 nitrogen and oxygen atoms in total. The molecule has 0 atom stereocenters. The molecule has 1 heterocycles. The van der Waals surface area contributed by atoms with E-state index in [4.69, 9.17) is 0 Å². The van der Waals surface area contributed by atoms with E-state index < -0.39 is 0 Å². The monoisotopic (exact) mass is 192 g/mol. The van der Waals surface area contributed by atoms with E-state index in [1.54, 1.807) is 0 Å². The van der Waals surface area contributed by atoms with Crippen molar-refractivity contribution in [2.24, 2.45) is 4.99 Å². The van der Waals surface area contributed by atoms with Crippen molar-refractivity contribution in [3.05, 3.63) is 23.9 Å². The van der Waals surface area contributed by atoms with Gasteiger partial charge in [-0.05, 0) is 26.3 Å². The molecule has 0 aromatic carbocycles. The molecule has 0 bridgehead atoms. The van der Waals surface area contributed by atoms with E-state index in [9.17, 15) is 0 Å². The first-order chi connectivity index (χ1) is 6.81. The largest absolute Gasteiger partial charge is 0.360 e. The van der Waals surface area contributed by atoms with Crippen molar-refractivity contribution >= 4 is 5.84 Å². The summed E-state index contributed by atoms with van der Waals surface area (Å²) in [7, 11) is 0. The molecule has 0 unspecified atom stereocenters. The Morgan fingerprint density at radius 3 is 2.57 bits per heavy atom. The Morgan fingerprint density at radius 1 is 1.29 bits per heavy atom. The fraction of sp³-hybridized carbons (Fsp3) is 0.583. The Balaban J connectivity index is 2.82. The molecular formula is C12H20N2. The van der Waals surface area contributed by atoms with Crippen LogP contribution in [-0.4, -0.2) is 23.8 Å². The van der Waals surface area contributed by atoms with Gasteiger partial charge >= 0.3 is 0 Å². The molecule has 0 aromatic rings. The van der Waals surface area contributed by atoms with Crippen LogP contribution in [0.15, 0.2) is 28.9 Å². The number of allylic oxidation sites excluding steroid dienone is 3. The minimum atomic E-state index is 0.960. The number of hydrogen-bond acceptors (Lipinski definition) is 2. The molecular weight excluding hydrogens is 172 g/mol. The van der Waals surface area contributed by atoms with Crippen LogP contribution in [0.3, 0.4) is 0 Å². The van der Waals surface area contributed by atoms with Crippen molar-refractivity contribution in [3.63, 3.8) is 0 Å². The van der Waals surface area contributed by atoms with Gasteiger partial charge < -0.3 is 4.90 Å². The highest BCUT2D eigenvalue weighted by Crippen LogP contribution is 2.11. The molecule has 1 aliphatic heterocycles. The van der Waals surface area contributed by atoms with Gasteiger partial charge in [0.25, 0.3) is 0 Å². The van der Waals surface area contributed by atoms with Crippen molar-refractivity contribution in [3.8, 4) is 0 Å². The zero-order valence-electron chi connectivity index (χ0n) is 9.45. The van der Waals surface area contributed by atoms with Gasteiger partial charge in [0, 0.05) is 25.2 Å². The minimum absolute atomic E-state index is 0.960. The Morgan fingerprint density at radius 2 is 2.00 bits per heavy atom. The first-order valence-corrected chi connectivity index (χ1v) is 5.50. The van der Waals surface area contributed by atoms with Crippen LogP contribution >= 0.6 is 0 Å². The quantitative estimate of drug-likeness (QED) is 0.671. The van der Waals surface area contributed by atoms with Crippen molar-refractivity contribution in [2.45, 2.75) is 33.6 Å². The zero-order chi connectivity index (χ0) is 10.4. The number of aliphatic imine (C=N–C) groups is 1. The van der Waals surface area contributed by atoms with Gasteiger partial charge in [-0.15, -0.1) is 0 Å². The topological polar surface area (TPSA) is 15.6 Å². The molecule has 0 N–H and O–H groups in total. The number of rotatable bonds is 3. The molecule has 0 aromatic heterocycles. The standard InChI is InChI=1S/C12H20N2/c1-4-11-9-7-8-10-12(13-11)14(5-2)6-3/h7-9H,4-6,10H2,1-3H3. The van der Waals surface area contributed by atoms with E-state index in [2.05, 4.69) is 48.9 Å².